The molecule has 0 saturated heterocycles. The van der Waals surface area contributed by atoms with Gasteiger partial charge in [-0.3, -0.25) is 4.79 Å². The van der Waals surface area contributed by atoms with Gasteiger partial charge in [0.25, 0.3) is 0 Å². The molecule has 0 heterocycles. The van der Waals surface area contributed by atoms with Crippen LogP contribution in [0.15, 0.2) is 36.5 Å². The van der Waals surface area contributed by atoms with Gasteiger partial charge in [0.2, 0.25) is 5.91 Å². The standard InChI is InChI=1S/C10H13NO/c1-10(8-5-9(11)12)6-3-2-4-7-10/h2-6,8H,7H2,1H3,(H2,11,12). The van der Waals surface area contributed by atoms with Crippen LogP contribution in [0.3, 0.4) is 0 Å². The lowest BCUT2D eigenvalue weighted by Gasteiger charge is -2.21. The van der Waals surface area contributed by atoms with Gasteiger partial charge in [-0.1, -0.05) is 37.3 Å². The Labute approximate surface area is 72.5 Å². The van der Waals surface area contributed by atoms with Crippen LogP contribution in [0.5, 0.6) is 0 Å². The fourth-order valence-electron chi connectivity index (χ4n) is 1.14. The molecule has 0 aromatic carbocycles. The van der Waals surface area contributed by atoms with Gasteiger partial charge in [-0.25, -0.2) is 0 Å². The first-order valence-electron chi connectivity index (χ1n) is 3.95. The summed E-state index contributed by atoms with van der Waals surface area (Å²) < 4.78 is 0. The van der Waals surface area contributed by atoms with Gasteiger partial charge < -0.3 is 5.73 Å². The topological polar surface area (TPSA) is 43.1 Å². The number of hydrogen-bond donors (Lipinski definition) is 1. The highest BCUT2D eigenvalue weighted by Gasteiger charge is 2.16. The van der Waals surface area contributed by atoms with Crippen LogP contribution in [0.25, 0.3) is 0 Å². The molecule has 1 unspecified atom stereocenters. The van der Waals surface area contributed by atoms with Crippen LogP contribution >= 0.6 is 0 Å². The molecule has 2 N–H and O–H groups in total. The molecule has 0 radical (unpaired) electrons. The molecule has 0 saturated carbocycles. The number of rotatable bonds is 2. The molecule has 0 bridgehead atoms. The van der Waals surface area contributed by atoms with E-state index in [1.54, 1.807) is 0 Å². The summed E-state index contributed by atoms with van der Waals surface area (Å²) in [5, 5.41) is 0. The Kier molecular flexibility index (Phi) is 2.48. The predicted octanol–water partition coefficient (Wildman–Crippen LogP) is 1.55. The van der Waals surface area contributed by atoms with E-state index in [9.17, 15) is 4.79 Å². The average molecular weight is 163 g/mol. The predicted molar refractivity (Wildman–Crippen MR) is 49.3 cm³/mol. The second-order valence-corrected chi connectivity index (χ2v) is 3.23. The molecule has 1 atom stereocenters. The molecule has 0 spiro atoms. The van der Waals surface area contributed by atoms with Crippen LogP contribution in [0.4, 0.5) is 0 Å². The van der Waals surface area contributed by atoms with E-state index < -0.39 is 0 Å². The van der Waals surface area contributed by atoms with Crippen LogP contribution in [0.1, 0.15) is 13.3 Å². The molecule has 0 fully saturated rings. The lowest BCUT2D eigenvalue weighted by Crippen LogP contribution is -2.13. The van der Waals surface area contributed by atoms with Gasteiger partial charge in [0.15, 0.2) is 0 Å². The van der Waals surface area contributed by atoms with Gasteiger partial charge in [-0.05, 0) is 12.5 Å². The molecule has 12 heavy (non-hydrogen) atoms. The number of carbonyl (C=O) groups excluding carboxylic acids is 1. The maximum absolute atomic E-state index is 10.5. The van der Waals surface area contributed by atoms with E-state index in [-0.39, 0.29) is 11.3 Å². The van der Waals surface area contributed by atoms with Crippen molar-refractivity contribution in [2.45, 2.75) is 13.3 Å². The summed E-state index contributed by atoms with van der Waals surface area (Å²) in [6, 6.07) is 0. The number of primary amides is 1. The average Bonchev–Trinajstić information content (AvgIpc) is 2.03. The molecule has 0 aliphatic heterocycles. The van der Waals surface area contributed by atoms with E-state index in [4.69, 9.17) is 5.73 Å². The highest BCUT2D eigenvalue weighted by molar-refractivity contribution is 5.85. The third kappa shape index (κ3) is 2.38. The number of amides is 1. The molecular formula is C10H13NO. The zero-order chi connectivity index (χ0) is 9.03. The third-order valence-corrected chi connectivity index (χ3v) is 1.91. The fourth-order valence-corrected chi connectivity index (χ4v) is 1.14. The monoisotopic (exact) mass is 163 g/mol. The molecule has 1 aliphatic carbocycles. The number of nitrogens with two attached hydrogens (primary N) is 1. The van der Waals surface area contributed by atoms with Crippen molar-refractivity contribution in [1.29, 1.82) is 0 Å². The minimum Gasteiger partial charge on any atom is -0.366 e. The Morgan fingerprint density at radius 1 is 1.58 bits per heavy atom. The zero-order valence-electron chi connectivity index (χ0n) is 7.16. The van der Waals surface area contributed by atoms with Crippen molar-refractivity contribution in [3.05, 3.63) is 36.5 Å². The molecule has 2 nitrogen and oxygen atoms in total. The van der Waals surface area contributed by atoms with Crippen molar-refractivity contribution in [3.8, 4) is 0 Å². The van der Waals surface area contributed by atoms with E-state index >= 15 is 0 Å². The summed E-state index contributed by atoms with van der Waals surface area (Å²) in [5.74, 6) is -0.390. The van der Waals surface area contributed by atoms with Crippen molar-refractivity contribution >= 4 is 5.91 Å². The van der Waals surface area contributed by atoms with Crippen molar-refractivity contribution in [1.82, 2.24) is 0 Å². The molecule has 1 amide bonds. The van der Waals surface area contributed by atoms with E-state index in [2.05, 4.69) is 19.1 Å². The summed E-state index contributed by atoms with van der Waals surface area (Å²) in [6.45, 7) is 2.06. The van der Waals surface area contributed by atoms with Gasteiger partial charge >= 0.3 is 0 Å². The van der Waals surface area contributed by atoms with Crippen molar-refractivity contribution in [3.63, 3.8) is 0 Å². The summed E-state index contributed by atoms with van der Waals surface area (Å²) >= 11 is 0. The Bertz CT molecular complexity index is 263. The highest BCUT2D eigenvalue weighted by atomic mass is 16.1. The van der Waals surface area contributed by atoms with Crippen LogP contribution in [0.2, 0.25) is 0 Å². The van der Waals surface area contributed by atoms with Gasteiger partial charge in [-0.2, -0.15) is 0 Å². The summed E-state index contributed by atoms with van der Waals surface area (Å²) in [5.41, 5.74) is 4.96. The van der Waals surface area contributed by atoms with Gasteiger partial charge in [0.1, 0.15) is 0 Å². The van der Waals surface area contributed by atoms with E-state index in [0.717, 1.165) is 6.42 Å². The second kappa shape index (κ2) is 3.39. The summed E-state index contributed by atoms with van der Waals surface area (Å²) in [6.07, 6.45) is 12.3. The molecular weight excluding hydrogens is 150 g/mol. The maximum atomic E-state index is 10.5. The van der Waals surface area contributed by atoms with Crippen LogP contribution in [0, 0.1) is 5.41 Å². The van der Waals surface area contributed by atoms with Crippen molar-refractivity contribution < 1.29 is 4.79 Å². The molecule has 2 heteroatoms. The van der Waals surface area contributed by atoms with Crippen LogP contribution < -0.4 is 5.73 Å². The first kappa shape index (κ1) is 8.78. The van der Waals surface area contributed by atoms with Crippen LogP contribution in [-0.4, -0.2) is 5.91 Å². The molecule has 1 rings (SSSR count). The Hall–Kier alpha value is -1.31. The largest absolute Gasteiger partial charge is 0.366 e. The second-order valence-electron chi connectivity index (χ2n) is 3.23. The minimum atomic E-state index is -0.390. The first-order valence-corrected chi connectivity index (χ1v) is 3.95. The van der Waals surface area contributed by atoms with E-state index in [1.807, 2.05) is 18.2 Å². The van der Waals surface area contributed by atoms with Gasteiger partial charge in [0.05, 0.1) is 0 Å². The zero-order valence-corrected chi connectivity index (χ0v) is 7.16. The number of carbonyl (C=O) groups is 1. The molecule has 0 aromatic heterocycles. The van der Waals surface area contributed by atoms with Crippen molar-refractivity contribution in [2.24, 2.45) is 11.1 Å². The molecule has 64 valence electrons. The third-order valence-electron chi connectivity index (χ3n) is 1.91. The minimum absolute atomic E-state index is 0.0379. The van der Waals surface area contributed by atoms with Crippen molar-refractivity contribution in [2.75, 3.05) is 0 Å². The smallest absolute Gasteiger partial charge is 0.241 e. The lowest BCUT2D eigenvalue weighted by atomic mass is 9.83. The maximum Gasteiger partial charge on any atom is 0.241 e. The SMILES string of the molecule is CC1(C=CC(N)=O)C=CC=CC1. The van der Waals surface area contributed by atoms with E-state index in [0.29, 0.717) is 0 Å². The molecule has 1 aliphatic rings. The normalized spacial score (nSPS) is 28.1. The fraction of sp³-hybridized carbons (Fsp3) is 0.300. The number of hydrogen-bond acceptors (Lipinski definition) is 1. The Morgan fingerprint density at radius 3 is 2.83 bits per heavy atom. The van der Waals surface area contributed by atoms with Gasteiger partial charge in [-0.15, -0.1) is 0 Å². The lowest BCUT2D eigenvalue weighted by molar-refractivity contribution is -0.113. The molecule has 0 aromatic rings. The van der Waals surface area contributed by atoms with Crippen LogP contribution in [-0.2, 0) is 4.79 Å². The quantitative estimate of drug-likeness (QED) is 0.617. The highest BCUT2D eigenvalue weighted by Crippen LogP contribution is 2.28. The summed E-state index contributed by atoms with van der Waals surface area (Å²) in [4.78, 5) is 10.5. The summed E-state index contributed by atoms with van der Waals surface area (Å²) in [7, 11) is 0. The Balaban J connectivity index is 2.67. The van der Waals surface area contributed by atoms with E-state index in [1.165, 1.54) is 6.08 Å². The number of allylic oxidation sites excluding steroid dienone is 5. The first-order chi connectivity index (χ1) is 5.62. The van der Waals surface area contributed by atoms with Gasteiger partial charge in [0, 0.05) is 5.41 Å². The Morgan fingerprint density at radius 2 is 2.33 bits per heavy atom.